The molecule has 1 rings (SSSR count). The molecule has 2 heteroatoms. The van der Waals surface area contributed by atoms with Crippen LogP contribution in [0.25, 0.3) is 0 Å². The van der Waals surface area contributed by atoms with Crippen LogP contribution in [-0.4, -0.2) is 13.1 Å². The highest BCUT2D eigenvalue weighted by Crippen LogP contribution is 2.30. The molecule has 1 N–H and O–H groups in total. The van der Waals surface area contributed by atoms with Crippen LogP contribution in [-0.2, 0) is 11.8 Å². The maximum atomic E-state index is 3.37. The van der Waals surface area contributed by atoms with Gasteiger partial charge in [0.25, 0.3) is 0 Å². The Morgan fingerprint density at radius 2 is 1.88 bits per heavy atom. The second-order valence-corrected chi connectivity index (χ2v) is 6.85. The molecule has 98 valence electrons. The molecule has 0 aliphatic carbocycles. The van der Waals surface area contributed by atoms with E-state index in [1.807, 2.05) is 11.3 Å². The Morgan fingerprint density at radius 1 is 1.12 bits per heavy atom. The minimum atomic E-state index is 0.313. The molecule has 0 aliphatic rings. The lowest BCUT2D eigenvalue weighted by molar-refractivity contribution is 0.604. The van der Waals surface area contributed by atoms with Crippen molar-refractivity contribution < 1.29 is 0 Å². The Balaban J connectivity index is 2.21. The zero-order valence-electron chi connectivity index (χ0n) is 11.8. The van der Waals surface area contributed by atoms with Crippen LogP contribution < -0.4 is 5.32 Å². The van der Waals surface area contributed by atoms with Crippen LogP contribution in [0.3, 0.4) is 0 Å². The van der Waals surface area contributed by atoms with Crippen molar-refractivity contribution in [2.75, 3.05) is 13.1 Å². The van der Waals surface area contributed by atoms with E-state index in [4.69, 9.17) is 0 Å². The van der Waals surface area contributed by atoms with Crippen molar-refractivity contribution in [3.63, 3.8) is 0 Å². The van der Waals surface area contributed by atoms with Crippen molar-refractivity contribution in [1.82, 2.24) is 5.32 Å². The lowest BCUT2D eigenvalue weighted by Crippen LogP contribution is -2.13. The second-order valence-electron chi connectivity index (χ2n) is 5.68. The quantitative estimate of drug-likeness (QED) is 0.712. The number of unbranched alkanes of at least 4 members (excludes halogenated alkanes) is 2. The van der Waals surface area contributed by atoms with Gasteiger partial charge in [-0.25, -0.2) is 0 Å². The van der Waals surface area contributed by atoms with Gasteiger partial charge >= 0.3 is 0 Å². The van der Waals surface area contributed by atoms with Crippen LogP contribution >= 0.6 is 11.3 Å². The zero-order valence-corrected chi connectivity index (χ0v) is 12.6. The highest BCUT2D eigenvalue weighted by atomic mass is 32.1. The van der Waals surface area contributed by atoms with Gasteiger partial charge in [0.15, 0.2) is 0 Å². The Kier molecular flexibility index (Phi) is 6.21. The van der Waals surface area contributed by atoms with Crippen molar-refractivity contribution in [3.8, 4) is 0 Å². The normalized spacial score (nSPS) is 12.0. The summed E-state index contributed by atoms with van der Waals surface area (Å²) in [6.45, 7) is 11.3. The van der Waals surface area contributed by atoms with Gasteiger partial charge in [0.2, 0.25) is 0 Å². The number of hydrogen-bond acceptors (Lipinski definition) is 2. The molecule has 0 atom stereocenters. The fourth-order valence-corrected chi connectivity index (χ4v) is 2.93. The number of rotatable bonds is 7. The number of thiophene rings is 1. The highest BCUT2D eigenvalue weighted by Gasteiger charge is 2.15. The summed E-state index contributed by atoms with van der Waals surface area (Å²) in [6.07, 6.45) is 5.24. The first-order valence-electron chi connectivity index (χ1n) is 6.84. The lowest BCUT2D eigenvalue weighted by atomic mass is 9.95. The lowest BCUT2D eigenvalue weighted by Gasteiger charge is -2.15. The van der Waals surface area contributed by atoms with Crippen LogP contribution in [0.4, 0.5) is 0 Å². The molecule has 0 radical (unpaired) electrons. The molecular formula is C15H27NS. The molecule has 0 saturated heterocycles. The molecule has 1 nitrogen and oxygen atoms in total. The maximum absolute atomic E-state index is 3.37. The summed E-state index contributed by atoms with van der Waals surface area (Å²) in [5, 5.41) is 3.37. The standard InChI is InChI=1S/C15H27NS/c1-5-16-12-8-6-7-9-13-10-11-14(17-13)15(2,3)4/h10-11,16H,5-9,12H2,1-4H3. The smallest absolute Gasteiger partial charge is 0.0102 e. The van der Waals surface area contributed by atoms with Crippen molar-refractivity contribution >= 4 is 11.3 Å². The van der Waals surface area contributed by atoms with E-state index in [-0.39, 0.29) is 0 Å². The summed E-state index contributed by atoms with van der Waals surface area (Å²) in [6, 6.07) is 4.62. The van der Waals surface area contributed by atoms with Crippen LogP contribution in [0.15, 0.2) is 12.1 Å². The van der Waals surface area contributed by atoms with Gasteiger partial charge in [0, 0.05) is 9.75 Å². The van der Waals surface area contributed by atoms with Crippen LogP contribution in [0, 0.1) is 0 Å². The Hall–Kier alpha value is -0.340. The van der Waals surface area contributed by atoms with Gasteiger partial charge in [-0.1, -0.05) is 34.1 Å². The number of aryl methyl sites for hydroxylation is 1. The topological polar surface area (TPSA) is 12.0 Å². The van der Waals surface area contributed by atoms with E-state index in [9.17, 15) is 0 Å². The van der Waals surface area contributed by atoms with Crippen molar-refractivity contribution in [2.45, 2.75) is 58.8 Å². The average molecular weight is 253 g/mol. The summed E-state index contributed by atoms with van der Waals surface area (Å²) < 4.78 is 0. The largest absolute Gasteiger partial charge is 0.317 e. The number of nitrogens with one attached hydrogen (secondary N) is 1. The predicted molar refractivity (Wildman–Crippen MR) is 79.1 cm³/mol. The summed E-state index contributed by atoms with van der Waals surface area (Å²) in [4.78, 5) is 3.07. The van der Waals surface area contributed by atoms with Gasteiger partial charge in [-0.15, -0.1) is 11.3 Å². The van der Waals surface area contributed by atoms with Gasteiger partial charge in [-0.05, 0) is 49.9 Å². The molecule has 0 unspecified atom stereocenters. The molecule has 0 fully saturated rings. The fraction of sp³-hybridized carbons (Fsp3) is 0.733. The van der Waals surface area contributed by atoms with E-state index in [0.29, 0.717) is 5.41 Å². The van der Waals surface area contributed by atoms with Crippen molar-refractivity contribution in [1.29, 1.82) is 0 Å². The average Bonchev–Trinajstić information content (AvgIpc) is 2.71. The Bertz CT molecular complexity index is 309. The van der Waals surface area contributed by atoms with Gasteiger partial charge in [0.1, 0.15) is 0 Å². The van der Waals surface area contributed by atoms with E-state index in [2.05, 4.69) is 45.1 Å². The third-order valence-electron chi connectivity index (χ3n) is 2.93. The van der Waals surface area contributed by atoms with E-state index in [1.54, 1.807) is 4.88 Å². The minimum Gasteiger partial charge on any atom is -0.317 e. The second kappa shape index (κ2) is 7.17. The zero-order chi connectivity index (χ0) is 12.7. The predicted octanol–water partition coefficient (Wildman–Crippen LogP) is 4.37. The third-order valence-corrected chi connectivity index (χ3v) is 4.50. The van der Waals surface area contributed by atoms with E-state index in [1.165, 1.54) is 37.1 Å². The Labute approximate surface area is 111 Å². The van der Waals surface area contributed by atoms with Crippen LogP contribution in [0.2, 0.25) is 0 Å². The van der Waals surface area contributed by atoms with E-state index >= 15 is 0 Å². The maximum Gasteiger partial charge on any atom is 0.0102 e. The van der Waals surface area contributed by atoms with Gasteiger partial charge in [-0.3, -0.25) is 0 Å². The van der Waals surface area contributed by atoms with Gasteiger partial charge < -0.3 is 5.32 Å². The monoisotopic (exact) mass is 253 g/mol. The molecule has 0 aliphatic heterocycles. The molecule has 17 heavy (non-hydrogen) atoms. The molecule has 0 bridgehead atoms. The molecule has 1 heterocycles. The first-order valence-corrected chi connectivity index (χ1v) is 7.65. The highest BCUT2D eigenvalue weighted by molar-refractivity contribution is 7.12. The van der Waals surface area contributed by atoms with E-state index in [0.717, 1.165) is 6.54 Å². The van der Waals surface area contributed by atoms with Crippen LogP contribution in [0.5, 0.6) is 0 Å². The first-order chi connectivity index (χ1) is 8.04. The third kappa shape index (κ3) is 5.69. The van der Waals surface area contributed by atoms with Gasteiger partial charge in [-0.2, -0.15) is 0 Å². The van der Waals surface area contributed by atoms with Crippen LogP contribution in [0.1, 0.15) is 56.7 Å². The molecule has 0 saturated carbocycles. The van der Waals surface area contributed by atoms with E-state index < -0.39 is 0 Å². The molecule has 1 aromatic rings. The minimum absolute atomic E-state index is 0.313. The summed E-state index contributed by atoms with van der Waals surface area (Å²) >= 11 is 1.99. The summed E-state index contributed by atoms with van der Waals surface area (Å²) in [7, 11) is 0. The fourth-order valence-electron chi connectivity index (χ4n) is 1.82. The summed E-state index contributed by atoms with van der Waals surface area (Å²) in [5.41, 5.74) is 0.313. The van der Waals surface area contributed by atoms with Crippen molar-refractivity contribution in [3.05, 3.63) is 21.9 Å². The molecule has 1 aromatic heterocycles. The molecular weight excluding hydrogens is 226 g/mol. The van der Waals surface area contributed by atoms with Gasteiger partial charge in [0.05, 0.1) is 0 Å². The van der Waals surface area contributed by atoms with Crippen molar-refractivity contribution in [2.24, 2.45) is 0 Å². The number of hydrogen-bond donors (Lipinski definition) is 1. The first kappa shape index (κ1) is 14.7. The SMILES string of the molecule is CCNCCCCCc1ccc(C(C)(C)C)s1. The summed E-state index contributed by atoms with van der Waals surface area (Å²) in [5.74, 6) is 0. The molecule has 0 amide bonds. The molecule has 0 aromatic carbocycles. The Morgan fingerprint density at radius 3 is 2.47 bits per heavy atom. The molecule has 0 spiro atoms.